The minimum absolute atomic E-state index is 0.488. The fraction of sp³-hybridized carbons (Fsp3) is 0. The van der Waals surface area contributed by atoms with E-state index in [0.29, 0.717) is 34.8 Å². The van der Waals surface area contributed by atoms with Gasteiger partial charge in [0.15, 0.2) is 25.5 Å². The molecule has 10 rings (SSSR count). The van der Waals surface area contributed by atoms with Crippen LogP contribution in [0.25, 0.3) is 51.5 Å². The zero-order valence-corrected chi connectivity index (χ0v) is 28.8. The Labute approximate surface area is 299 Å². The lowest BCUT2D eigenvalue weighted by Gasteiger charge is -2.34. The molecular weight excluding hydrogens is 659 g/mol. The summed E-state index contributed by atoms with van der Waals surface area (Å²) in [4.78, 5) is 15.0. The zero-order chi connectivity index (χ0) is 34.5. The van der Waals surface area contributed by atoms with Crippen LogP contribution in [-0.2, 0) is 0 Å². The predicted molar refractivity (Wildman–Crippen MR) is 206 cm³/mol. The summed E-state index contributed by atoms with van der Waals surface area (Å²) in [7, 11) is -2.78. The molecule has 4 heterocycles. The van der Waals surface area contributed by atoms with Gasteiger partial charge in [0.25, 0.3) is 17.3 Å². The molecule has 0 aliphatic rings. The third-order valence-electron chi connectivity index (χ3n) is 9.58. The molecule has 0 aliphatic heterocycles. The smallest absolute Gasteiger partial charge is 0.189 e. The molecule has 10 heteroatoms. The van der Waals surface area contributed by atoms with Gasteiger partial charge in [-0.05, 0) is 20.7 Å². The molecule has 4 aromatic heterocycles. The molecule has 0 bridgehead atoms. The van der Waals surface area contributed by atoms with E-state index >= 15 is 0 Å². The second kappa shape index (κ2) is 12.1. The van der Waals surface area contributed by atoms with Crippen LogP contribution < -0.4 is 20.7 Å². The first-order valence-electron chi connectivity index (χ1n) is 17.1. The molecule has 0 atom stereocenters. The number of benzene rings is 6. The van der Waals surface area contributed by atoms with Gasteiger partial charge in [-0.2, -0.15) is 28.5 Å². The first-order valence-corrected chi connectivity index (χ1v) is 19.1. The van der Waals surface area contributed by atoms with Crippen LogP contribution in [0, 0.1) is 0 Å². The molecule has 6 aromatic carbocycles. The Morgan fingerprint density at radius 2 is 0.615 bits per heavy atom. The second-order valence-electron chi connectivity index (χ2n) is 12.6. The van der Waals surface area contributed by atoms with Crippen molar-refractivity contribution in [2.24, 2.45) is 0 Å². The maximum Gasteiger partial charge on any atom is 0.260 e. The summed E-state index contributed by atoms with van der Waals surface area (Å²) < 4.78 is 5.12. The van der Waals surface area contributed by atoms with E-state index in [1.165, 1.54) is 20.7 Å². The average molecular weight is 688 g/mol. The van der Waals surface area contributed by atoms with Gasteiger partial charge in [-0.25, -0.2) is 0 Å². The van der Waals surface area contributed by atoms with Gasteiger partial charge in [0.05, 0.1) is 0 Å². The van der Waals surface area contributed by atoms with Crippen LogP contribution in [0.3, 0.4) is 0 Å². The minimum Gasteiger partial charge on any atom is -0.189 e. The predicted octanol–water partition coefficient (Wildman–Crippen LogP) is 5.19. The van der Waals surface area contributed by atoms with Crippen molar-refractivity contribution in [3.8, 4) is 34.2 Å². The first-order chi connectivity index (χ1) is 25.8. The molecule has 0 fully saturated rings. The molecule has 0 saturated heterocycles. The topological polar surface area (TPSA) is 90.6 Å². The molecule has 0 unspecified atom stereocenters. The molecule has 0 spiro atoms. The van der Waals surface area contributed by atoms with Crippen LogP contribution in [0.1, 0.15) is 0 Å². The zero-order valence-electron chi connectivity index (χ0n) is 27.8. The normalized spacial score (nSPS) is 11.8. The number of aromatic nitrogens is 9. The molecular formula is C42H29N9Si. The Morgan fingerprint density at radius 3 is 1.00 bits per heavy atom. The fourth-order valence-electron chi connectivity index (χ4n) is 7.22. The minimum atomic E-state index is -2.78. The van der Waals surface area contributed by atoms with Crippen molar-refractivity contribution in [1.29, 1.82) is 0 Å². The lowest BCUT2D eigenvalue weighted by atomic mass is 10.2. The van der Waals surface area contributed by atoms with E-state index in [1.807, 2.05) is 60.7 Å². The number of rotatable bonds is 7. The van der Waals surface area contributed by atoms with Crippen molar-refractivity contribution in [3.05, 3.63) is 176 Å². The summed E-state index contributed by atoms with van der Waals surface area (Å²) >= 11 is 0. The number of nitrogens with zero attached hydrogens (tertiary/aromatic N) is 9. The van der Waals surface area contributed by atoms with E-state index in [9.17, 15) is 0 Å². The summed E-state index contributed by atoms with van der Waals surface area (Å²) in [6.07, 6.45) is 0. The van der Waals surface area contributed by atoms with Crippen LogP contribution in [0.5, 0.6) is 0 Å². The lowest BCUT2D eigenvalue weighted by Crippen LogP contribution is -2.74. The van der Waals surface area contributed by atoms with Crippen molar-refractivity contribution in [2.45, 2.75) is 0 Å². The second-order valence-corrected chi connectivity index (χ2v) is 16.4. The van der Waals surface area contributed by atoms with E-state index in [0.717, 1.165) is 16.7 Å². The van der Waals surface area contributed by atoms with Crippen LogP contribution in [0.15, 0.2) is 176 Å². The van der Waals surface area contributed by atoms with Crippen LogP contribution in [0.4, 0.5) is 0 Å². The Hall–Kier alpha value is -7.04. The standard InChI is InChI=1S/C42H29N9Si/c1-6-17-30(18-7-1)37-43-40-49-41(44-38(46-49)31-19-8-2-9-20-31)51-42(50(40)47-37)45-39(48-51)32-21-16-28-36(29-32)52(33-22-10-3-11-23-33,34-24-12-4-13-25-34)35-26-14-5-15-27-35/h1-29H. The van der Waals surface area contributed by atoms with Gasteiger partial charge in [-0.3, -0.25) is 0 Å². The number of fused-ring (bicyclic) bond motifs is 6. The van der Waals surface area contributed by atoms with Gasteiger partial charge in [0, 0.05) is 16.7 Å². The van der Waals surface area contributed by atoms with Gasteiger partial charge < -0.3 is 0 Å². The van der Waals surface area contributed by atoms with E-state index in [1.54, 1.807) is 13.5 Å². The molecule has 246 valence electrons. The average Bonchev–Trinajstić information content (AvgIpc) is 3.98. The molecule has 0 aliphatic carbocycles. The first kappa shape index (κ1) is 29.8. The third-order valence-corrected chi connectivity index (χ3v) is 14.4. The molecule has 52 heavy (non-hydrogen) atoms. The highest BCUT2D eigenvalue weighted by Gasteiger charge is 2.41. The molecule has 0 radical (unpaired) electrons. The van der Waals surface area contributed by atoms with E-state index in [2.05, 4.69) is 115 Å². The number of hydrogen-bond donors (Lipinski definition) is 0. The number of hydrogen-bond acceptors (Lipinski definition) is 6. The lowest BCUT2D eigenvalue weighted by molar-refractivity contribution is 0.817. The summed E-state index contributed by atoms with van der Waals surface area (Å²) in [6, 6.07) is 61.1. The maximum atomic E-state index is 5.14. The van der Waals surface area contributed by atoms with E-state index in [-0.39, 0.29) is 0 Å². The Kier molecular flexibility index (Phi) is 6.93. The highest BCUT2D eigenvalue weighted by molar-refractivity contribution is 7.19. The molecule has 0 amide bonds. The van der Waals surface area contributed by atoms with Crippen molar-refractivity contribution in [3.63, 3.8) is 0 Å². The van der Waals surface area contributed by atoms with Crippen molar-refractivity contribution in [1.82, 2.24) is 43.8 Å². The van der Waals surface area contributed by atoms with Gasteiger partial charge in [-0.1, -0.05) is 176 Å². The summed E-state index contributed by atoms with van der Waals surface area (Å²) in [6.45, 7) is 0. The van der Waals surface area contributed by atoms with Crippen LogP contribution in [-0.4, -0.2) is 51.9 Å². The summed E-state index contributed by atoms with van der Waals surface area (Å²) in [5, 5.41) is 20.0. The van der Waals surface area contributed by atoms with Gasteiger partial charge >= 0.3 is 0 Å². The molecule has 0 N–H and O–H groups in total. The molecule has 10 aromatic rings. The Balaban J connectivity index is 1.22. The van der Waals surface area contributed by atoms with Crippen LogP contribution >= 0.6 is 0 Å². The summed E-state index contributed by atoms with van der Waals surface area (Å²) in [5.41, 5.74) is 2.66. The quantitative estimate of drug-likeness (QED) is 0.169. The highest BCUT2D eigenvalue weighted by atomic mass is 28.3. The SMILES string of the molecule is c1ccc(-c2nc3n(n2)c2nc(-c4ccccc4)nn2c2nc(-c4cccc([Si](c5ccccc5)(c5ccccc5)c5ccccc5)c4)nn32)cc1. The largest absolute Gasteiger partial charge is 0.260 e. The van der Waals surface area contributed by atoms with E-state index in [4.69, 9.17) is 30.2 Å². The summed E-state index contributed by atoms with van der Waals surface area (Å²) in [5.74, 6) is 3.14. The van der Waals surface area contributed by atoms with Gasteiger partial charge in [0.2, 0.25) is 0 Å². The maximum absolute atomic E-state index is 5.14. The van der Waals surface area contributed by atoms with E-state index < -0.39 is 8.07 Å². The molecule has 9 nitrogen and oxygen atoms in total. The highest BCUT2D eigenvalue weighted by Crippen LogP contribution is 2.24. The van der Waals surface area contributed by atoms with Gasteiger partial charge in [0.1, 0.15) is 0 Å². The Morgan fingerprint density at radius 1 is 0.308 bits per heavy atom. The fourth-order valence-corrected chi connectivity index (χ4v) is 12.0. The van der Waals surface area contributed by atoms with Crippen molar-refractivity contribution in [2.75, 3.05) is 0 Å². The van der Waals surface area contributed by atoms with Crippen molar-refractivity contribution >= 4 is 46.2 Å². The van der Waals surface area contributed by atoms with Crippen LogP contribution in [0.2, 0.25) is 0 Å². The Bertz CT molecular complexity index is 2630. The van der Waals surface area contributed by atoms with Gasteiger partial charge in [-0.15, -0.1) is 15.3 Å². The third kappa shape index (κ3) is 4.69. The monoisotopic (exact) mass is 687 g/mol. The van der Waals surface area contributed by atoms with Crippen molar-refractivity contribution < 1.29 is 0 Å². The molecule has 0 saturated carbocycles.